The third kappa shape index (κ3) is 4.58. The van der Waals surface area contributed by atoms with Crippen LogP contribution in [0.25, 0.3) is 0 Å². The average molecular weight is 355 g/mol. The normalized spacial score (nSPS) is 10.8. The molecule has 0 aliphatic rings. The Morgan fingerprint density at radius 3 is 2.95 bits per heavy atom. The Balaban J connectivity index is 2.01. The van der Waals surface area contributed by atoms with Gasteiger partial charge in [0.2, 0.25) is 0 Å². The van der Waals surface area contributed by atoms with Crippen LogP contribution in [0, 0.1) is 6.92 Å². The van der Waals surface area contributed by atoms with Crippen molar-refractivity contribution in [3.05, 3.63) is 44.3 Å². The highest BCUT2D eigenvalue weighted by molar-refractivity contribution is 9.10. The molecule has 0 radical (unpaired) electrons. The summed E-state index contributed by atoms with van der Waals surface area (Å²) in [5.74, 6) is 0.933. The molecule has 0 fully saturated rings. The van der Waals surface area contributed by atoms with Crippen molar-refractivity contribution in [2.24, 2.45) is 0 Å². The molecule has 108 valence electrons. The van der Waals surface area contributed by atoms with E-state index in [2.05, 4.69) is 39.2 Å². The predicted octanol–water partition coefficient (Wildman–Crippen LogP) is 4.29. The minimum atomic E-state index is 0.577. The van der Waals surface area contributed by atoms with E-state index in [9.17, 15) is 0 Å². The van der Waals surface area contributed by atoms with E-state index in [0.717, 1.165) is 39.6 Å². The highest BCUT2D eigenvalue weighted by atomic mass is 79.9. The van der Waals surface area contributed by atoms with Gasteiger partial charge < -0.3 is 10.1 Å². The molecule has 1 N–H and O–H groups in total. The summed E-state index contributed by atoms with van der Waals surface area (Å²) >= 11 is 5.19. The SMILES string of the molecule is CCCNCc1cc(Br)ccc1OCc1cnc(C)s1. The maximum atomic E-state index is 5.93. The number of hydrogen-bond donors (Lipinski definition) is 1. The predicted molar refractivity (Wildman–Crippen MR) is 87.3 cm³/mol. The highest BCUT2D eigenvalue weighted by Gasteiger charge is 2.06. The van der Waals surface area contributed by atoms with Crippen molar-refractivity contribution in [2.75, 3.05) is 6.54 Å². The minimum Gasteiger partial charge on any atom is -0.488 e. The van der Waals surface area contributed by atoms with Gasteiger partial charge in [0.15, 0.2) is 0 Å². The average Bonchev–Trinajstić information content (AvgIpc) is 2.84. The van der Waals surface area contributed by atoms with Gasteiger partial charge in [-0.25, -0.2) is 4.98 Å². The van der Waals surface area contributed by atoms with Crippen molar-refractivity contribution in [3.63, 3.8) is 0 Å². The van der Waals surface area contributed by atoms with Gasteiger partial charge in [-0.2, -0.15) is 0 Å². The second-order valence-electron chi connectivity index (χ2n) is 4.56. The minimum absolute atomic E-state index is 0.577. The summed E-state index contributed by atoms with van der Waals surface area (Å²) in [6.45, 7) is 6.59. The molecule has 0 saturated heterocycles. The van der Waals surface area contributed by atoms with Crippen molar-refractivity contribution >= 4 is 27.3 Å². The zero-order valence-corrected chi connectivity index (χ0v) is 14.2. The van der Waals surface area contributed by atoms with Gasteiger partial charge in [-0.1, -0.05) is 22.9 Å². The van der Waals surface area contributed by atoms with Crippen LogP contribution in [0.5, 0.6) is 5.75 Å². The summed E-state index contributed by atoms with van der Waals surface area (Å²) in [4.78, 5) is 5.40. The number of aryl methyl sites for hydroxylation is 1. The molecule has 2 aromatic rings. The van der Waals surface area contributed by atoms with Gasteiger partial charge in [-0.15, -0.1) is 11.3 Å². The molecule has 5 heteroatoms. The van der Waals surface area contributed by atoms with Gasteiger partial charge in [0.25, 0.3) is 0 Å². The lowest BCUT2D eigenvalue weighted by molar-refractivity contribution is 0.305. The van der Waals surface area contributed by atoms with Crippen LogP contribution < -0.4 is 10.1 Å². The molecule has 0 aliphatic carbocycles. The maximum Gasteiger partial charge on any atom is 0.124 e. The fourth-order valence-electron chi connectivity index (χ4n) is 1.85. The van der Waals surface area contributed by atoms with E-state index in [0.29, 0.717) is 6.61 Å². The van der Waals surface area contributed by atoms with Crippen LogP contribution >= 0.6 is 27.3 Å². The number of nitrogens with zero attached hydrogens (tertiary/aromatic N) is 1. The number of aromatic nitrogens is 1. The molecule has 3 nitrogen and oxygen atoms in total. The van der Waals surface area contributed by atoms with Gasteiger partial charge in [0.05, 0.1) is 9.88 Å². The van der Waals surface area contributed by atoms with E-state index in [-0.39, 0.29) is 0 Å². The molecule has 1 aromatic carbocycles. The number of ether oxygens (including phenoxy) is 1. The Labute approximate surface area is 132 Å². The third-order valence-electron chi connectivity index (χ3n) is 2.80. The van der Waals surface area contributed by atoms with E-state index in [1.165, 1.54) is 5.56 Å². The number of halogens is 1. The molecular formula is C15H19BrN2OS. The summed E-state index contributed by atoms with van der Waals surface area (Å²) in [7, 11) is 0. The van der Waals surface area contributed by atoms with Crippen molar-refractivity contribution in [2.45, 2.75) is 33.4 Å². The van der Waals surface area contributed by atoms with Crippen LogP contribution in [-0.4, -0.2) is 11.5 Å². The number of thiazole rings is 1. The summed E-state index contributed by atoms with van der Waals surface area (Å²) in [6, 6.07) is 6.13. The quantitative estimate of drug-likeness (QED) is 0.753. The number of nitrogens with one attached hydrogen (secondary N) is 1. The van der Waals surface area contributed by atoms with Crippen LogP contribution in [-0.2, 0) is 13.2 Å². The van der Waals surface area contributed by atoms with Crippen LogP contribution in [0.3, 0.4) is 0 Å². The fraction of sp³-hybridized carbons (Fsp3) is 0.400. The van der Waals surface area contributed by atoms with Gasteiger partial charge in [-0.05, 0) is 38.1 Å². The Hall–Kier alpha value is -0.910. The number of hydrogen-bond acceptors (Lipinski definition) is 4. The van der Waals surface area contributed by atoms with E-state index < -0.39 is 0 Å². The molecule has 0 amide bonds. The van der Waals surface area contributed by atoms with E-state index >= 15 is 0 Å². The van der Waals surface area contributed by atoms with Crippen molar-refractivity contribution in [1.82, 2.24) is 10.3 Å². The summed E-state index contributed by atoms with van der Waals surface area (Å²) < 4.78 is 7.01. The van der Waals surface area contributed by atoms with Gasteiger partial charge in [0.1, 0.15) is 12.4 Å². The van der Waals surface area contributed by atoms with Crippen LogP contribution in [0.4, 0.5) is 0 Å². The molecular weight excluding hydrogens is 336 g/mol. The molecule has 1 heterocycles. The first-order chi connectivity index (χ1) is 9.69. The van der Waals surface area contributed by atoms with E-state index in [4.69, 9.17) is 4.74 Å². The van der Waals surface area contributed by atoms with Crippen molar-refractivity contribution in [3.8, 4) is 5.75 Å². The number of rotatable bonds is 7. The van der Waals surface area contributed by atoms with Crippen LogP contribution in [0.2, 0.25) is 0 Å². The zero-order valence-electron chi connectivity index (χ0n) is 11.8. The Kier molecular flexibility index (Phi) is 6.01. The lowest BCUT2D eigenvalue weighted by Crippen LogP contribution is -2.14. The first-order valence-electron chi connectivity index (χ1n) is 6.72. The van der Waals surface area contributed by atoms with Gasteiger partial charge in [-0.3, -0.25) is 0 Å². The standard InChI is InChI=1S/C15H19BrN2OS/c1-3-6-17-8-12-7-13(16)4-5-15(12)19-10-14-9-18-11(2)20-14/h4-5,7,9,17H,3,6,8,10H2,1-2H3. The molecule has 0 saturated carbocycles. The maximum absolute atomic E-state index is 5.93. The third-order valence-corrected chi connectivity index (χ3v) is 4.18. The van der Waals surface area contributed by atoms with E-state index in [1.807, 2.05) is 25.3 Å². The Bertz CT molecular complexity index is 557. The molecule has 0 unspecified atom stereocenters. The molecule has 0 spiro atoms. The van der Waals surface area contributed by atoms with Crippen molar-refractivity contribution in [1.29, 1.82) is 0 Å². The molecule has 20 heavy (non-hydrogen) atoms. The van der Waals surface area contributed by atoms with Crippen LogP contribution in [0.1, 0.15) is 28.8 Å². The smallest absolute Gasteiger partial charge is 0.124 e. The second-order valence-corrected chi connectivity index (χ2v) is 6.80. The largest absolute Gasteiger partial charge is 0.488 e. The first kappa shape index (κ1) is 15.5. The molecule has 1 aromatic heterocycles. The van der Waals surface area contributed by atoms with Gasteiger partial charge >= 0.3 is 0 Å². The highest BCUT2D eigenvalue weighted by Crippen LogP contribution is 2.25. The Morgan fingerprint density at radius 1 is 1.40 bits per heavy atom. The molecule has 0 bridgehead atoms. The summed E-state index contributed by atoms with van der Waals surface area (Å²) in [6.07, 6.45) is 3.01. The lowest BCUT2D eigenvalue weighted by atomic mass is 10.2. The molecule has 0 aliphatic heterocycles. The summed E-state index contributed by atoms with van der Waals surface area (Å²) in [5, 5.41) is 4.48. The monoisotopic (exact) mass is 354 g/mol. The number of benzene rings is 1. The molecule has 0 atom stereocenters. The molecule has 2 rings (SSSR count). The fourth-order valence-corrected chi connectivity index (χ4v) is 2.96. The topological polar surface area (TPSA) is 34.1 Å². The van der Waals surface area contributed by atoms with Gasteiger partial charge in [0, 0.05) is 22.8 Å². The second kappa shape index (κ2) is 7.76. The Morgan fingerprint density at radius 2 is 2.25 bits per heavy atom. The van der Waals surface area contributed by atoms with Crippen molar-refractivity contribution < 1.29 is 4.74 Å². The summed E-state index contributed by atoms with van der Waals surface area (Å²) in [5.41, 5.74) is 1.18. The van der Waals surface area contributed by atoms with E-state index in [1.54, 1.807) is 11.3 Å². The van der Waals surface area contributed by atoms with Crippen LogP contribution in [0.15, 0.2) is 28.9 Å². The lowest BCUT2D eigenvalue weighted by Gasteiger charge is -2.12. The zero-order chi connectivity index (χ0) is 14.4. The first-order valence-corrected chi connectivity index (χ1v) is 8.33.